The number of aliphatic hydroxyl groups excluding tert-OH is 1. The summed E-state index contributed by atoms with van der Waals surface area (Å²) in [6.07, 6.45) is 7.19. The Morgan fingerprint density at radius 2 is 2.03 bits per heavy atom. The normalized spacial score (nSPS) is 22.3. The Morgan fingerprint density at radius 1 is 1.24 bits per heavy atom. The van der Waals surface area contributed by atoms with Crippen LogP contribution in [0.1, 0.15) is 60.5 Å². The number of carbonyl (C=O) groups excluding carboxylic acids is 1. The summed E-state index contributed by atoms with van der Waals surface area (Å²) in [5, 5.41) is 17.7. The van der Waals surface area contributed by atoms with Crippen LogP contribution in [-0.2, 0) is 23.1 Å². The number of benzene rings is 1. The third kappa shape index (κ3) is 4.72. The van der Waals surface area contributed by atoms with Crippen LogP contribution in [0, 0.1) is 5.92 Å². The van der Waals surface area contributed by atoms with Gasteiger partial charge in [0.25, 0.3) is 5.91 Å². The smallest absolute Gasteiger partial charge is 0.256 e. The molecular formula is C26H33N7O4S. The minimum atomic E-state index is -3.62. The number of nitrogens with two attached hydrogens (primary N) is 1. The molecule has 0 unspecified atom stereocenters. The van der Waals surface area contributed by atoms with E-state index in [0.29, 0.717) is 53.7 Å². The number of fused-ring (bicyclic) bond motifs is 2. The number of rotatable bonds is 8. The van der Waals surface area contributed by atoms with Crippen molar-refractivity contribution in [2.24, 2.45) is 5.92 Å². The number of hydrogen-bond donors (Lipinski definition) is 4. The van der Waals surface area contributed by atoms with Gasteiger partial charge in [-0.3, -0.25) is 9.52 Å². The lowest BCUT2D eigenvalue weighted by molar-refractivity contribution is 0.0698. The van der Waals surface area contributed by atoms with Crippen LogP contribution >= 0.6 is 0 Å². The quantitative estimate of drug-likeness (QED) is 0.339. The van der Waals surface area contributed by atoms with Crippen molar-refractivity contribution in [1.29, 1.82) is 0 Å². The van der Waals surface area contributed by atoms with E-state index < -0.39 is 10.0 Å². The zero-order chi connectivity index (χ0) is 26.8. The first-order valence-corrected chi connectivity index (χ1v) is 15.0. The number of anilines is 2. The van der Waals surface area contributed by atoms with E-state index in [9.17, 15) is 18.3 Å². The van der Waals surface area contributed by atoms with E-state index in [2.05, 4.69) is 22.1 Å². The summed E-state index contributed by atoms with van der Waals surface area (Å²) in [6.45, 7) is 2.96. The number of nitrogens with one attached hydrogen (secondary N) is 2. The second kappa shape index (κ2) is 9.21. The number of hydrogen-bond acceptors (Lipinski definition) is 8. The number of carbonyl (C=O) groups is 1. The molecule has 0 saturated heterocycles. The van der Waals surface area contributed by atoms with Crippen LogP contribution in [0.2, 0.25) is 0 Å². The maximum atomic E-state index is 13.4. The van der Waals surface area contributed by atoms with E-state index >= 15 is 0 Å². The zero-order valence-electron chi connectivity index (χ0n) is 21.5. The zero-order valence-corrected chi connectivity index (χ0v) is 22.3. The summed E-state index contributed by atoms with van der Waals surface area (Å²) in [7, 11) is -3.62. The lowest BCUT2D eigenvalue weighted by Gasteiger charge is -2.24. The Kier molecular flexibility index (Phi) is 6.08. The molecule has 2 saturated carbocycles. The van der Waals surface area contributed by atoms with Crippen LogP contribution in [0.5, 0.6) is 0 Å². The van der Waals surface area contributed by atoms with E-state index in [1.54, 1.807) is 22.8 Å². The highest BCUT2D eigenvalue weighted by atomic mass is 32.2. The van der Waals surface area contributed by atoms with Gasteiger partial charge in [-0.25, -0.2) is 17.9 Å². The summed E-state index contributed by atoms with van der Waals surface area (Å²) < 4.78 is 28.6. The molecule has 3 heterocycles. The fraction of sp³-hybridized carbons (Fsp3) is 0.500. The molecule has 11 nitrogen and oxygen atoms in total. The molecule has 6 rings (SSSR count). The third-order valence-electron chi connectivity index (χ3n) is 8.01. The van der Waals surface area contributed by atoms with Crippen LogP contribution in [0.3, 0.4) is 0 Å². The molecule has 1 amide bonds. The van der Waals surface area contributed by atoms with E-state index in [1.807, 2.05) is 11.0 Å². The van der Waals surface area contributed by atoms with Gasteiger partial charge in [-0.15, -0.1) is 5.10 Å². The first-order chi connectivity index (χ1) is 18.1. The Hall–Kier alpha value is -3.22. The molecule has 0 bridgehead atoms. The predicted octanol–water partition coefficient (Wildman–Crippen LogP) is 2.11. The van der Waals surface area contributed by atoms with E-state index in [1.165, 1.54) is 0 Å². The number of sulfonamides is 1. The molecule has 2 fully saturated rings. The molecule has 0 spiro atoms. The van der Waals surface area contributed by atoms with E-state index in [-0.39, 0.29) is 29.8 Å². The van der Waals surface area contributed by atoms with Crippen LogP contribution in [0.25, 0.3) is 16.9 Å². The number of aliphatic hydroxyl groups is 1. The van der Waals surface area contributed by atoms with Crippen LogP contribution in [0.15, 0.2) is 24.4 Å². The molecule has 3 aliphatic rings. The second-order valence-corrected chi connectivity index (χ2v) is 12.7. The maximum absolute atomic E-state index is 13.4. The van der Waals surface area contributed by atoms with Crippen molar-refractivity contribution in [1.82, 2.24) is 24.8 Å². The van der Waals surface area contributed by atoms with Gasteiger partial charge in [0.2, 0.25) is 10.0 Å². The third-order valence-corrected chi connectivity index (χ3v) is 8.60. The highest BCUT2D eigenvalue weighted by Crippen LogP contribution is 2.41. The SMILES string of the molecule is C[C@@H](C1CC1)N1Cc2cc(-c3ccn4nc(N)c(CN[C@@H]5CC[C@@H](O)C5)c4n3)cc(NS(C)(=O)=O)c2C1=O. The van der Waals surface area contributed by atoms with Gasteiger partial charge in [-0.1, -0.05) is 0 Å². The molecule has 2 aliphatic carbocycles. The monoisotopic (exact) mass is 539 g/mol. The lowest BCUT2D eigenvalue weighted by atomic mass is 10.0. The van der Waals surface area contributed by atoms with Crippen molar-refractivity contribution < 1.29 is 18.3 Å². The Labute approximate surface area is 221 Å². The van der Waals surface area contributed by atoms with Gasteiger partial charge >= 0.3 is 0 Å². The number of nitrogen functional groups attached to an aromatic ring is 1. The van der Waals surface area contributed by atoms with Crippen LogP contribution in [0.4, 0.5) is 11.5 Å². The number of aromatic nitrogens is 3. The molecule has 1 aliphatic heterocycles. The van der Waals surface area contributed by atoms with Gasteiger partial charge in [0.15, 0.2) is 11.5 Å². The first kappa shape index (κ1) is 25.1. The van der Waals surface area contributed by atoms with Gasteiger partial charge in [0, 0.05) is 36.9 Å². The maximum Gasteiger partial charge on any atom is 0.256 e. The van der Waals surface area contributed by atoms with Crippen LogP contribution in [-0.4, -0.2) is 63.4 Å². The summed E-state index contributed by atoms with van der Waals surface area (Å²) in [5.41, 5.74) is 10.4. The van der Waals surface area contributed by atoms with Crippen molar-refractivity contribution in [2.45, 2.75) is 70.3 Å². The average molecular weight is 540 g/mol. The first-order valence-electron chi connectivity index (χ1n) is 13.1. The van der Waals surface area contributed by atoms with E-state index in [0.717, 1.165) is 43.1 Å². The molecule has 3 aromatic rings. The Bertz CT molecular complexity index is 1530. The van der Waals surface area contributed by atoms with Crippen molar-refractivity contribution >= 4 is 33.1 Å². The van der Waals surface area contributed by atoms with Gasteiger partial charge in [-0.05, 0) is 68.7 Å². The molecule has 5 N–H and O–H groups in total. The second-order valence-electron chi connectivity index (χ2n) is 10.9. The highest BCUT2D eigenvalue weighted by Gasteiger charge is 2.40. The predicted molar refractivity (Wildman–Crippen MR) is 144 cm³/mol. The minimum absolute atomic E-state index is 0.102. The fourth-order valence-corrected chi connectivity index (χ4v) is 6.34. The summed E-state index contributed by atoms with van der Waals surface area (Å²) in [5.74, 6) is 0.730. The van der Waals surface area contributed by atoms with Crippen LogP contribution < -0.4 is 15.8 Å². The molecule has 202 valence electrons. The molecule has 38 heavy (non-hydrogen) atoms. The van der Waals surface area contributed by atoms with Crippen molar-refractivity contribution in [2.75, 3.05) is 16.7 Å². The molecule has 1 aromatic carbocycles. The molecule has 12 heteroatoms. The summed E-state index contributed by atoms with van der Waals surface area (Å²) in [4.78, 5) is 20.1. The molecular weight excluding hydrogens is 506 g/mol. The average Bonchev–Trinajstić information content (AvgIpc) is 3.43. The van der Waals surface area contributed by atoms with Crippen molar-refractivity contribution in [3.05, 3.63) is 41.1 Å². The number of nitrogens with zero attached hydrogens (tertiary/aromatic N) is 4. The van der Waals surface area contributed by atoms with Crippen molar-refractivity contribution in [3.8, 4) is 11.3 Å². The Morgan fingerprint density at radius 3 is 2.71 bits per heavy atom. The minimum Gasteiger partial charge on any atom is -0.393 e. The van der Waals surface area contributed by atoms with Gasteiger partial charge < -0.3 is 21.1 Å². The summed E-state index contributed by atoms with van der Waals surface area (Å²) in [6, 6.07) is 5.72. The van der Waals surface area contributed by atoms with E-state index in [4.69, 9.17) is 10.7 Å². The Balaban J connectivity index is 1.37. The number of amides is 1. The van der Waals surface area contributed by atoms with Crippen molar-refractivity contribution in [3.63, 3.8) is 0 Å². The highest BCUT2D eigenvalue weighted by molar-refractivity contribution is 7.92. The standard InChI is InChI=1S/C26H33N7O4S/c1-14(15-3-4-15)32-13-17-9-16(10-22(23(17)26(32)35)31-38(2,36)37)21-7-8-33-25(29-21)20(24(27)30-33)12-28-18-5-6-19(34)11-18/h7-10,14-15,18-19,28,31,34H,3-6,11-13H2,1-2H3,(H2,27,30)/t14-,18+,19+/m0/s1. The lowest BCUT2D eigenvalue weighted by Crippen LogP contribution is -2.34. The fourth-order valence-electron chi connectivity index (χ4n) is 5.78. The van der Waals surface area contributed by atoms with Gasteiger partial charge in [0.1, 0.15) is 0 Å². The summed E-state index contributed by atoms with van der Waals surface area (Å²) >= 11 is 0. The van der Waals surface area contributed by atoms with Gasteiger partial charge in [0.05, 0.1) is 34.9 Å². The topological polar surface area (TPSA) is 155 Å². The molecule has 2 aromatic heterocycles. The molecule has 0 radical (unpaired) electrons. The van der Waals surface area contributed by atoms with Gasteiger partial charge in [-0.2, -0.15) is 0 Å². The molecule has 3 atom stereocenters. The largest absolute Gasteiger partial charge is 0.393 e.